The number of aliphatic hydroxyl groups is 2. The molecule has 32 heavy (non-hydrogen) atoms. The van der Waals surface area contributed by atoms with Crippen LogP contribution in [0.25, 0.3) is 6.08 Å². The Balaban J connectivity index is 2.07. The highest BCUT2D eigenvalue weighted by Crippen LogP contribution is 2.11. The molecule has 1 aromatic rings. The lowest BCUT2D eigenvalue weighted by Gasteiger charge is -2.31. The lowest BCUT2D eigenvalue weighted by atomic mass is 10.1. The molecule has 1 aromatic carbocycles. The van der Waals surface area contributed by atoms with Gasteiger partial charge in [0.15, 0.2) is 0 Å². The van der Waals surface area contributed by atoms with E-state index in [-0.39, 0.29) is 25.0 Å². The minimum absolute atomic E-state index is 0.0242. The summed E-state index contributed by atoms with van der Waals surface area (Å²) in [7, 11) is 1.44. The van der Waals surface area contributed by atoms with Gasteiger partial charge in [-0.3, -0.25) is 9.59 Å². The molecule has 0 radical (unpaired) electrons. The zero-order valence-electron chi connectivity index (χ0n) is 19.1. The van der Waals surface area contributed by atoms with Crippen molar-refractivity contribution in [3.8, 4) is 0 Å². The van der Waals surface area contributed by atoms with E-state index in [2.05, 4.69) is 0 Å². The molecule has 1 heterocycles. The number of rotatable bonds is 3. The monoisotopic (exact) mass is 448 g/mol. The van der Waals surface area contributed by atoms with E-state index in [1.165, 1.54) is 14.0 Å². The maximum absolute atomic E-state index is 12.8. The van der Waals surface area contributed by atoms with Crippen LogP contribution in [0.5, 0.6) is 0 Å². The first-order valence-electron chi connectivity index (χ1n) is 11.2. The van der Waals surface area contributed by atoms with Crippen molar-refractivity contribution in [1.82, 2.24) is 9.80 Å². The summed E-state index contributed by atoms with van der Waals surface area (Å²) < 4.78 is 10.8. The third-order valence-electron chi connectivity index (χ3n) is 5.56. The molecule has 0 unspecified atom stereocenters. The fourth-order valence-corrected chi connectivity index (χ4v) is 3.60. The summed E-state index contributed by atoms with van der Waals surface area (Å²) in [5, 5.41) is 20.6. The van der Waals surface area contributed by atoms with E-state index in [4.69, 9.17) is 9.47 Å². The van der Waals surface area contributed by atoms with Crippen molar-refractivity contribution in [2.75, 3.05) is 46.5 Å². The van der Waals surface area contributed by atoms with Gasteiger partial charge in [0.05, 0.1) is 6.61 Å². The number of hydrogen-bond donors (Lipinski definition) is 2. The number of amides is 2. The Morgan fingerprint density at radius 1 is 1.06 bits per heavy atom. The molecule has 1 fully saturated rings. The van der Waals surface area contributed by atoms with Crippen LogP contribution in [0.3, 0.4) is 0 Å². The Morgan fingerprint density at radius 3 is 2.44 bits per heavy atom. The lowest BCUT2D eigenvalue weighted by Crippen LogP contribution is -2.48. The van der Waals surface area contributed by atoms with Crippen molar-refractivity contribution >= 4 is 17.9 Å². The number of ether oxygens (including phenoxy) is 2. The van der Waals surface area contributed by atoms with E-state index in [0.29, 0.717) is 32.7 Å². The molecule has 8 heteroatoms. The Bertz CT molecular complexity index is 726. The van der Waals surface area contributed by atoms with Crippen molar-refractivity contribution in [2.45, 2.75) is 44.5 Å². The zero-order chi connectivity index (χ0) is 23.3. The van der Waals surface area contributed by atoms with Crippen LogP contribution in [0.2, 0.25) is 0 Å². The molecule has 0 saturated carbocycles. The number of aliphatic hydroxyl groups excluding tert-OH is 2. The van der Waals surface area contributed by atoms with Crippen molar-refractivity contribution in [2.24, 2.45) is 0 Å². The molecule has 1 saturated heterocycles. The van der Waals surface area contributed by atoms with Gasteiger partial charge in [-0.2, -0.15) is 0 Å². The summed E-state index contributed by atoms with van der Waals surface area (Å²) in [6.07, 6.45) is 2.42. The molecule has 1 aliphatic heterocycles. The molecule has 0 aromatic heterocycles. The molecule has 2 rings (SSSR count). The van der Waals surface area contributed by atoms with Crippen LogP contribution >= 0.6 is 0 Å². The van der Waals surface area contributed by atoms with Crippen LogP contribution in [0.15, 0.2) is 36.4 Å². The van der Waals surface area contributed by atoms with Crippen LogP contribution < -0.4 is 0 Å². The van der Waals surface area contributed by atoms with Gasteiger partial charge in [0.25, 0.3) is 0 Å². The zero-order valence-corrected chi connectivity index (χ0v) is 19.1. The fourth-order valence-electron chi connectivity index (χ4n) is 3.60. The quantitative estimate of drug-likeness (QED) is 0.677. The fraction of sp³-hybridized carbons (Fsp3) is 0.583. The minimum atomic E-state index is -1.17. The van der Waals surface area contributed by atoms with Gasteiger partial charge >= 0.3 is 0 Å². The molecule has 0 aliphatic carbocycles. The molecular formula is C24H36N2O6. The van der Waals surface area contributed by atoms with Crippen molar-refractivity contribution in [3.05, 3.63) is 42.0 Å². The summed E-state index contributed by atoms with van der Waals surface area (Å²) in [5.41, 5.74) is 0.957. The Hall–Kier alpha value is -2.26. The molecule has 2 N–H and O–H groups in total. The van der Waals surface area contributed by atoms with Gasteiger partial charge in [0, 0.05) is 52.9 Å². The average molecular weight is 449 g/mol. The SMILES string of the molecule is CO[C@H]1CN(C(C)=O)CCCN(C(=O)/C=C/c2ccccc2)CCCCOC[C@H](O)[C@@H]1O. The van der Waals surface area contributed by atoms with Gasteiger partial charge in [-0.25, -0.2) is 0 Å². The second-order valence-electron chi connectivity index (χ2n) is 8.00. The second-order valence-corrected chi connectivity index (χ2v) is 8.00. The van der Waals surface area contributed by atoms with Gasteiger partial charge in [0.2, 0.25) is 11.8 Å². The maximum Gasteiger partial charge on any atom is 0.246 e. The van der Waals surface area contributed by atoms with Gasteiger partial charge in [-0.1, -0.05) is 30.3 Å². The van der Waals surface area contributed by atoms with Crippen LogP contribution in [0.4, 0.5) is 0 Å². The van der Waals surface area contributed by atoms with Gasteiger partial charge in [0.1, 0.15) is 18.3 Å². The van der Waals surface area contributed by atoms with Crippen LogP contribution in [0.1, 0.15) is 31.7 Å². The predicted octanol–water partition coefficient (Wildman–Crippen LogP) is 1.31. The maximum atomic E-state index is 12.8. The molecule has 2 amide bonds. The number of carbonyl (C=O) groups is 2. The standard InChI is InChI=1S/C24H36N2O6/c1-19(27)26-15-8-14-25(23(29)12-11-20-9-4-3-5-10-20)13-6-7-16-32-18-21(28)24(30)22(17-26)31-2/h3-5,9-12,21-22,24,28,30H,6-8,13-18H2,1-2H3/b12-11+/t21-,22-,24-/m0/s1. The molecular weight excluding hydrogens is 412 g/mol. The first-order valence-corrected chi connectivity index (χ1v) is 11.2. The predicted molar refractivity (Wildman–Crippen MR) is 122 cm³/mol. The Morgan fingerprint density at radius 2 is 1.75 bits per heavy atom. The molecule has 3 atom stereocenters. The summed E-state index contributed by atoms with van der Waals surface area (Å²) >= 11 is 0. The van der Waals surface area contributed by atoms with E-state index in [1.807, 2.05) is 30.3 Å². The highest BCUT2D eigenvalue weighted by Gasteiger charge is 2.29. The normalized spacial score (nSPS) is 24.7. The third kappa shape index (κ3) is 8.70. The van der Waals surface area contributed by atoms with E-state index in [0.717, 1.165) is 18.4 Å². The first-order chi connectivity index (χ1) is 15.4. The van der Waals surface area contributed by atoms with E-state index in [1.54, 1.807) is 22.0 Å². The van der Waals surface area contributed by atoms with Gasteiger partial charge in [-0.05, 0) is 30.9 Å². The van der Waals surface area contributed by atoms with E-state index >= 15 is 0 Å². The van der Waals surface area contributed by atoms with E-state index < -0.39 is 18.3 Å². The Kier molecular flexibility index (Phi) is 11.4. The number of hydrogen-bond acceptors (Lipinski definition) is 6. The summed E-state index contributed by atoms with van der Waals surface area (Å²) in [4.78, 5) is 28.3. The van der Waals surface area contributed by atoms with Crippen LogP contribution in [-0.4, -0.2) is 96.6 Å². The van der Waals surface area contributed by atoms with Crippen molar-refractivity contribution in [3.63, 3.8) is 0 Å². The molecule has 0 bridgehead atoms. The van der Waals surface area contributed by atoms with Crippen LogP contribution in [0, 0.1) is 0 Å². The highest BCUT2D eigenvalue weighted by atomic mass is 16.5. The lowest BCUT2D eigenvalue weighted by molar-refractivity contribution is -0.136. The molecule has 0 spiro atoms. The van der Waals surface area contributed by atoms with E-state index in [9.17, 15) is 19.8 Å². The summed E-state index contributed by atoms with van der Waals surface area (Å²) in [6, 6.07) is 9.65. The summed E-state index contributed by atoms with van der Waals surface area (Å²) in [6.45, 7) is 3.50. The smallest absolute Gasteiger partial charge is 0.246 e. The van der Waals surface area contributed by atoms with Crippen LogP contribution in [-0.2, 0) is 19.1 Å². The average Bonchev–Trinajstić information content (AvgIpc) is 2.80. The largest absolute Gasteiger partial charge is 0.388 e. The number of benzene rings is 1. The summed E-state index contributed by atoms with van der Waals surface area (Å²) in [5.74, 6) is -0.231. The molecule has 8 nitrogen and oxygen atoms in total. The highest BCUT2D eigenvalue weighted by molar-refractivity contribution is 5.91. The molecule has 1 aliphatic rings. The number of nitrogens with zero attached hydrogens (tertiary/aromatic N) is 2. The third-order valence-corrected chi connectivity index (χ3v) is 5.56. The number of carbonyl (C=O) groups excluding carboxylic acids is 2. The topological polar surface area (TPSA) is 99.5 Å². The second kappa shape index (κ2) is 14.0. The van der Waals surface area contributed by atoms with Crippen molar-refractivity contribution in [1.29, 1.82) is 0 Å². The number of methoxy groups -OCH3 is 1. The van der Waals surface area contributed by atoms with Crippen molar-refractivity contribution < 1.29 is 29.3 Å². The molecule has 178 valence electrons. The first kappa shape index (κ1) is 26.0. The minimum Gasteiger partial charge on any atom is -0.388 e. The Labute approximate surface area is 190 Å². The van der Waals surface area contributed by atoms with Gasteiger partial charge < -0.3 is 29.5 Å². The van der Waals surface area contributed by atoms with Gasteiger partial charge in [-0.15, -0.1) is 0 Å².